The van der Waals surface area contributed by atoms with Crippen LogP contribution in [0.3, 0.4) is 0 Å². The lowest BCUT2D eigenvalue weighted by Gasteiger charge is -2.31. The molecule has 2 N–H and O–H groups in total. The second-order valence-corrected chi connectivity index (χ2v) is 5.91. The zero-order valence-electron chi connectivity index (χ0n) is 13.2. The molecule has 1 saturated heterocycles. The lowest BCUT2D eigenvalue weighted by molar-refractivity contribution is -1.01. The lowest BCUT2D eigenvalue weighted by Crippen LogP contribution is -3.28. The van der Waals surface area contributed by atoms with Crippen LogP contribution >= 0.6 is 0 Å². The predicted octanol–water partition coefficient (Wildman–Crippen LogP) is -0.952. The van der Waals surface area contributed by atoms with Gasteiger partial charge >= 0.3 is 0 Å². The summed E-state index contributed by atoms with van der Waals surface area (Å²) in [6.45, 7) is 7.48. The van der Waals surface area contributed by atoms with Gasteiger partial charge in [0.2, 0.25) is 0 Å². The molecule has 1 atom stereocenters. The van der Waals surface area contributed by atoms with Crippen LogP contribution in [0.2, 0.25) is 0 Å². The molecule has 2 rings (SSSR count). The molecule has 1 aliphatic rings. The summed E-state index contributed by atoms with van der Waals surface area (Å²) in [6.07, 6.45) is 1.09. The van der Waals surface area contributed by atoms with Gasteiger partial charge < -0.3 is 19.3 Å². The Bertz CT molecular complexity index is 428. The van der Waals surface area contributed by atoms with E-state index in [1.807, 2.05) is 6.07 Å². The fourth-order valence-corrected chi connectivity index (χ4v) is 3.00. The summed E-state index contributed by atoms with van der Waals surface area (Å²) in [7, 11) is 5.66. The third-order valence-electron chi connectivity index (χ3n) is 4.43. The van der Waals surface area contributed by atoms with Crippen molar-refractivity contribution in [3.63, 3.8) is 0 Å². The third-order valence-corrected chi connectivity index (χ3v) is 4.43. The van der Waals surface area contributed by atoms with Gasteiger partial charge in [-0.05, 0) is 24.6 Å². The molecule has 112 valence electrons. The minimum atomic E-state index is 0.654. The van der Waals surface area contributed by atoms with Gasteiger partial charge in [-0.25, -0.2) is 0 Å². The number of likely N-dealkylation sites (N-methyl/N-ethyl adjacent to an activating group) is 1. The Kier molecular flexibility index (Phi) is 5.26. The predicted molar refractivity (Wildman–Crippen MR) is 80.0 cm³/mol. The Hall–Kier alpha value is -1.26. The molecule has 4 heteroatoms. The largest absolute Gasteiger partial charge is 0.493 e. The van der Waals surface area contributed by atoms with Gasteiger partial charge in [0.1, 0.15) is 26.2 Å². The molecule has 0 unspecified atom stereocenters. The average Bonchev–Trinajstić information content (AvgIpc) is 2.47. The maximum absolute atomic E-state index is 5.38. The summed E-state index contributed by atoms with van der Waals surface area (Å²) in [5, 5.41) is 0. The van der Waals surface area contributed by atoms with E-state index in [2.05, 4.69) is 26.1 Å². The van der Waals surface area contributed by atoms with Crippen molar-refractivity contribution in [3.8, 4) is 11.5 Å². The molecule has 1 aromatic rings. The van der Waals surface area contributed by atoms with Crippen molar-refractivity contribution in [2.24, 2.45) is 0 Å². The van der Waals surface area contributed by atoms with Crippen LogP contribution in [-0.4, -0.2) is 53.5 Å². The second-order valence-electron chi connectivity index (χ2n) is 5.91. The maximum atomic E-state index is 5.38. The van der Waals surface area contributed by atoms with Crippen LogP contribution in [0, 0.1) is 0 Å². The molecule has 0 amide bonds. The zero-order chi connectivity index (χ0) is 14.5. The van der Waals surface area contributed by atoms with Gasteiger partial charge in [0.05, 0.1) is 27.3 Å². The van der Waals surface area contributed by atoms with Crippen LogP contribution in [0.25, 0.3) is 0 Å². The Morgan fingerprint density at radius 3 is 2.30 bits per heavy atom. The molecule has 1 fully saturated rings. The van der Waals surface area contributed by atoms with Gasteiger partial charge in [-0.15, -0.1) is 0 Å². The summed E-state index contributed by atoms with van der Waals surface area (Å²) in [5.74, 6) is 1.63. The maximum Gasteiger partial charge on any atom is 0.160 e. The number of hydrogen-bond donors (Lipinski definition) is 2. The van der Waals surface area contributed by atoms with Gasteiger partial charge in [0.25, 0.3) is 0 Å². The number of methoxy groups -OCH3 is 2. The Morgan fingerprint density at radius 2 is 1.70 bits per heavy atom. The lowest BCUT2D eigenvalue weighted by atomic mass is 10.0. The normalized spacial score (nSPS) is 24.2. The average molecular weight is 280 g/mol. The Balaban J connectivity index is 1.98. The number of nitrogens with one attached hydrogen (secondary N) is 2. The van der Waals surface area contributed by atoms with Gasteiger partial charge in [0.15, 0.2) is 11.5 Å². The molecule has 0 spiro atoms. The van der Waals surface area contributed by atoms with E-state index in [9.17, 15) is 0 Å². The van der Waals surface area contributed by atoms with Crippen molar-refractivity contribution in [3.05, 3.63) is 23.8 Å². The van der Waals surface area contributed by atoms with E-state index in [1.165, 1.54) is 31.7 Å². The SMILES string of the molecule is COc1ccc(C[C@H](C)[NH+]2CC[NH+](C)CC2)cc1OC. The van der Waals surface area contributed by atoms with Crippen molar-refractivity contribution in [2.45, 2.75) is 19.4 Å². The van der Waals surface area contributed by atoms with Crippen molar-refractivity contribution >= 4 is 0 Å². The fourth-order valence-electron chi connectivity index (χ4n) is 3.00. The molecular weight excluding hydrogens is 252 g/mol. The van der Waals surface area contributed by atoms with Gasteiger partial charge in [0, 0.05) is 6.42 Å². The number of benzene rings is 1. The van der Waals surface area contributed by atoms with Crippen molar-refractivity contribution in [1.29, 1.82) is 0 Å². The van der Waals surface area contributed by atoms with E-state index >= 15 is 0 Å². The van der Waals surface area contributed by atoms with Gasteiger partial charge in [-0.3, -0.25) is 0 Å². The first kappa shape index (κ1) is 15.1. The summed E-state index contributed by atoms with van der Waals surface area (Å²) in [5.41, 5.74) is 1.33. The molecule has 0 bridgehead atoms. The molecule has 1 heterocycles. The molecule has 20 heavy (non-hydrogen) atoms. The quantitative estimate of drug-likeness (QED) is 0.728. The Morgan fingerprint density at radius 1 is 1.05 bits per heavy atom. The summed E-state index contributed by atoms with van der Waals surface area (Å²) < 4.78 is 10.7. The molecule has 4 nitrogen and oxygen atoms in total. The van der Waals surface area contributed by atoms with E-state index < -0.39 is 0 Å². The highest BCUT2D eigenvalue weighted by Gasteiger charge is 2.25. The smallest absolute Gasteiger partial charge is 0.160 e. The number of hydrogen-bond acceptors (Lipinski definition) is 2. The van der Waals surface area contributed by atoms with Crippen LogP contribution in [-0.2, 0) is 6.42 Å². The Labute approximate surface area is 122 Å². The van der Waals surface area contributed by atoms with Crippen molar-refractivity contribution in [2.75, 3.05) is 47.4 Å². The number of ether oxygens (including phenoxy) is 2. The number of rotatable bonds is 5. The minimum absolute atomic E-state index is 0.654. The molecule has 0 saturated carbocycles. The zero-order valence-corrected chi connectivity index (χ0v) is 13.2. The monoisotopic (exact) mass is 280 g/mol. The van der Waals surface area contributed by atoms with Crippen LogP contribution in [0.4, 0.5) is 0 Å². The number of piperazine rings is 1. The van der Waals surface area contributed by atoms with E-state index in [0.29, 0.717) is 6.04 Å². The van der Waals surface area contributed by atoms with Crippen molar-refractivity contribution < 1.29 is 19.3 Å². The first-order valence-corrected chi connectivity index (χ1v) is 7.50. The van der Waals surface area contributed by atoms with Crippen LogP contribution in [0.15, 0.2) is 18.2 Å². The van der Waals surface area contributed by atoms with E-state index in [4.69, 9.17) is 9.47 Å². The standard InChI is InChI=1S/C16H26N2O2/c1-13(18-9-7-17(2)8-10-18)11-14-5-6-15(19-3)16(12-14)20-4/h5-6,12-13H,7-11H2,1-4H3/p+2/t13-/m0/s1. The van der Waals surface area contributed by atoms with Crippen LogP contribution < -0.4 is 19.3 Å². The third kappa shape index (κ3) is 3.64. The molecule has 0 aliphatic carbocycles. The summed E-state index contributed by atoms with van der Waals surface area (Å²) >= 11 is 0. The van der Waals surface area contributed by atoms with E-state index in [0.717, 1.165) is 17.9 Å². The number of quaternary nitrogens is 2. The first-order chi connectivity index (χ1) is 9.63. The molecular formula is C16H28N2O2+2. The summed E-state index contributed by atoms with van der Waals surface area (Å²) in [6, 6.07) is 6.92. The second kappa shape index (κ2) is 6.95. The highest BCUT2D eigenvalue weighted by atomic mass is 16.5. The van der Waals surface area contributed by atoms with Crippen LogP contribution in [0.1, 0.15) is 12.5 Å². The minimum Gasteiger partial charge on any atom is -0.493 e. The van der Waals surface area contributed by atoms with Gasteiger partial charge in [-0.1, -0.05) is 6.07 Å². The molecule has 0 aromatic heterocycles. The highest BCUT2D eigenvalue weighted by molar-refractivity contribution is 5.43. The first-order valence-electron chi connectivity index (χ1n) is 7.50. The molecule has 0 radical (unpaired) electrons. The van der Waals surface area contributed by atoms with Crippen LogP contribution in [0.5, 0.6) is 11.5 Å². The van der Waals surface area contributed by atoms with Gasteiger partial charge in [-0.2, -0.15) is 0 Å². The summed E-state index contributed by atoms with van der Waals surface area (Å²) in [4.78, 5) is 3.39. The fraction of sp³-hybridized carbons (Fsp3) is 0.625. The molecule has 1 aliphatic heterocycles. The highest BCUT2D eigenvalue weighted by Crippen LogP contribution is 2.27. The van der Waals surface area contributed by atoms with Crippen molar-refractivity contribution in [1.82, 2.24) is 0 Å². The molecule has 1 aromatic carbocycles. The van der Waals surface area contributed by atoms with E-state index in [-0.39, 0.29) is 0 Å². The van der Waals surface area contributed by atoms with E-state index in [1.54, 1.807) is 24.0 Å². The topological polar surface area (TPSA) is 27.3 Å².